The van der Waals surface area contributed by atoms with Crippen LogP contribution < -0.4 is 5.73 Å². The van der Waals surface area contributed by atoms with Crippen LogP contribution in [0.5, 0.6) is 0 Å². The molecule has 0 saturated carbocycles. The molecular formula is C12H8ClN3O2. The number of anilines is 1. The molecule has 0 radical (unpaired) electrons. The number of hydrogen-bond donors (Lipinski definition) is 1. The molecule has 2 heterocycles. The highest BCUT2D eigenvalue weighted by molar-refractivity contribution is 6.33. The molecule has 0 bridgehead atoms. The highest BCUT2D eigenvalue weighted by Crippen LogP contribution is 2.27. The van der Waals surface area contributed by atoms with E-state index in [0.717, 1.165) is 0 Å². The Morgan fingerprint density at radius 3 is 2.83 bits per heavy atom. The molecule has 0 fully saturated rings. The molecule has 0 amide bonds. The lowest BCUT2D eigenvalue weighted by molar-refractivity contribution is 0.429. The normalized spacial score (nSPS) is 10.7. The fourth-order valence-electron chi connectivity index (χ4n) is 1.52. The van der Waals surface area contributed by atoms with Crippen LogP contribution in [0.3, 0.4) is 0 Å². The van der Waals surface area contributed by atoms with Crippen molar-refractivity contribution in [3.8, 4) is 23.0 Å². The average Bonchev–Trinajstić information content (AvgIpc) is 3.01. The smallest absolute Gasteiger partial charge is 0.258 e. The summed E-state index contributed by atoms with van der Waals surface area (Å²) in [5, 5.41) is 4.32. The second kappa shape index (κ2) is 4.19. The van der Waals surface area contributed by atoms with Gasteiger partial charge in [0.2, 0.25) is 5.82 Å². The van der Waals surface area contributed by atoms with Crippen molar-refractivity contribution in [1.82, 2.24) is 10.1 Å². The van der Waals surface area contributed by atoms with Gasteiger partial charge in [-0.25, -0.2) is 0 Å². The van der Waals surface area contributed by atoms with Crippen molar-refractivity contribution in [2.75, 3.05) is 5.73 Å². The zero-order valence-electron chi connectivity index (χ0n) is 9.13. The minimum Gasteiger partial charge on any atom is -0.461 e. The van der Waals surface area contributed by atoms with Crippen molar-refractivity contribution in [2.45, 2.75) is 0 Å². The summed E-state index contributed by atoms with van der Waals surface area (Å²) in [5.74, 6) is 1.31. The fraction of sp³-hybridized carbons (Fsp3) is 0. The highest BCUT2D eigenvalue weighted by atomic mass is 35.5. The maximum absolute atomic E-state index is 5.85. The van der Waals surface area contributed by atoms with E-state index in [1.807, 2.05) is 0 Å². The molecular weight excluding hydrogens is 254 g/mol. The van der Waals surface area contributed by atoms with Crippen LogP contribution in [0.15, 0.2) is 45.5 Å². The minimum absolute atomic E-state index is 0.366. The third-order valence-electron chi connectivity index (χ3n) is 2.41. The van der Waals surface area contributed by atoms with E-state index >= 15 is 0 Å². The number of nitrogens with zero attached hydrogens (tertiary/aromatic N) is 2. The van der Waals surface area contributed by atoms with E-state index in [4.69, 9.17) is 26.3 Å². The molecule has 2 N–H and O–H groups in total. The summed E-state index contributed by atoms with van der Waals surface area (Å²) in [6.07, 6.45) is 1.55. The van der Waals surface area contributed by atoms with Gasteiger partial charge in [-0.15, -0.1) is 0 Å². The molecule has 6 heteroatoms. The lowest BCUT2D eigenvalue weighted by Gasteiger charge is -1.98. The number of nitrogens with two attached hydrogens (primary N) is 1. The summed E-state index contributed by atoms with van der Waals surface area (Å²) in [7, 11) is 0. The van der Waals surface area contributed by atoms with E-state index in [1.54, 1.807) is 36.6 Å². The number of furan rings is 1. The lowest BCUT2D eigenvalue weighted by atomic mass is 10.2. The molecule has 90 valence electrons. The van der Waals surface area contributed by atoms with Gasteiger partial charge < -0.3 is 14.7 Å². The predicted molar refractivity (Wildman–Crippen MR) is 66.9 cm³/mol. The molecule has 0 aliphatic heterocycles. The molecule has 0 unspecified atom stereocenters. The van der Waals surface area contributed by atoms with Crippen molar-refractivity contribution in [2.24, 2.45) is 0 Å². The summed E-state index contributed by atoms with van der Waals surface area (Å²) >= 11 is 5.85. The van der Waals surface area contributed by atoms with Crippen LogP contribution in [0.4, 0.5) is 5.69 Å². The number of hydrogen-bond acceptors (Lipinski definition) is 5. The predicted octanol–water partition coefficient (Wildman–Crippen LogP) is 3.23. The largest absolute Gasteiger partial charge is 0.461 e. The Morgan fingerprint density at radius 2 is 2.11 bits per heavy atom. The summed E-state index contributed by atoms with van der Waals surface area (Å²) in [5.41, 5.74) is 6.89. The van der Waals surface area contributed by atoms with Crippen LogP contribution in [0.25, 0.3) is 23.0 Å². The molecule has 2 aromatic heterocycles. The molecule has 0 saturated heterocycles. The molecule has 0 aliphatic carbocycles. The van der Waals surface area contributed by atoms with Gasteiger partial charge in [0.25, 0.3) is 5.89 Å². The van der Waals surface area contributed by atoms with Crippen molar-refractivity contribution in [3.05, 3.63) is 41.6 Å². The van der Waals surface area contributed by atoms with Crippen molar-refractivity contribution in [3.63, 3.8) is 0 Å². The van der Waals surface area contributed by atoms with E-state index in [-0.39, 0.29) is 0 Å². The summed E-state index contributed by atoms with van der Waals surface area (Å²) < 4.78 is 10.3. The van der Waals surface area contributed by atoms with Crippen LogP contribution in [-0.4, -0.2) is 10.1 Å². The standard InChI is InChI=1S/C12H8ClN3O2/c13-8-4-3-7(6-9(8)14)12-15-11(16-18-12)10-2-1-5-17-10/h1-6H,14H2. The quantitative estimate of drug-likeness (QED) is 0.717. The van der Waals surface area contributed by atoms with Gasteiger partial charge in [0, 0.05) is 5.56 Å². The molecule has 5 nitrogen and oxygen atoms in total. The summed E-state index contributed by atoms with van der Waals surface area (Å²) in [6, 6.07) is 8.64. The topological polar surface area (TPSA) is 78.1 Å². The van der Waals surface area contributed by atoms with Gasteiger partial charge in [-0.2, -0.15) is 4.98 Å². The summed E-state index contributed by atoms with van der Waals surface area (Å²) in [6.45, 7) is 0. The van der Waals surface area contributed by atoms with Crippen LogP contribution in [0, 0.1) is 0 Å². The Labute approximate surface area is 107 Å². The number of aromatic nitrogens is 2. The zero-order chi connectivity index (χ0) is 12.5. The van der Waals surface area contributed by atoms with Crippen LogP contribution in [-0.2, 0) is 0 Å². The average molecular weight is 262 g/mol. The first kappa shape index (κ1) is 10.9. The van der Waals surface area contributed by atoms with Crippen molar-refractivity contribution in [1.29, 1.82) is 0 Å². The fourth-order valence-corrected chi connectivity index (χ4v) is 1.64. The number of nitrogen functional groups attached to an aromatic ring is 1. The Bertz CT molecular complexity index is 676. The van der Waals surface area contributed by atoms with Gasteiger partial charge in [0.1, 0.15) is 0 Å². The Balaban J connectivity index is 2.00. The van der Waals surface area contributed by atoms with Crippen LogP contribution >= 0.6 is 11.6 Å². The molecule has 0 atom stereocenters. The van der Waals surface area contributed by atoms with Gasteiger partial charge in [0.05, 0.1) is 17.0 Å². The Morgan fingerprint density at radius 1 is 1.22 bits per heavy atom. The summed E-state index contributed by atoms with van der Waals surface area (Å²) in [4.78, 5) is 4.22. The molecule has 0 aliphatic rings. The SMILES string of the molecule is Nc1cc(-c2nc(-c3ccco3)no2)ccc1Cl. The van der Waals surface area contributed by atoms with E-state index in [0.29, 0.717) is 33.7 Å². The van der Waals surface area contributed by atoms with Gasteiger partial charge in [-0.1, -0.05) is 16.8 Å². The first-order chi connectivity index (χ1) is 8.74. The van der Waals surface area contributed by atoms with E-state index in [1.165, 1.54) is 0 Å². The molecule has 18 heavy (non-hydrogen) atoms. The Kier molecular flexibility index (Phi) is 2.53. The highest BCUT2D eigenvalue weighted by Gasteiger charge is 2.13. The molecule has 0 spiro atoms. The van der Waals surface area contributed by atoms with Gasteiger partial charge >= 0.3 is 0 Å². The number of benzene rings is 1. The van der Waals surface area contributed by atoms with E-state index < -0.39 is 0 Å². The van der Waals surface area contributed by atoms with Crippen LogP contribution in [0.2, 0.25) is 5.02 Å². The molecule has 3 aromatic rings. The van der Waals surface area contributed by atoms with E-state index in [2.05, 4.69) is 10.1 Å². The first-order valence-corrected chi connectivity index (χ1v) is 5.55. The monoisotopic (exact) mass is 261 g/mol. The maximum Gasteiger partial charge on any atom is 0.258 e. The Hall–Kier alpha value is -2.27. The second-order valence-electron chi connectivity index (χ2n) is 3.64. The number of rotatable bonds is 2. The minimum atomic E-state index is 0.366. The second-order valence-corrected chi connectivity index (χ2v) is 4.04. The maximum atomic E-state index is 5.85. The third kappa shape index (κ3) is 1.84. The van der Waals surface area contributed by atoms with Gasteiger partial charge in [-0.05, 0) is 30.3 Å². The number of halogens is 1. The first-order valence-electron chi connectivity index (χ1n) is 5.17. The van der Waals surface area contributed by atoms with E-state index in [9.17, 15) is 0 Å². The van der Waals surface area contributed by atoms with Crippen LogP contribution in [0.1, 0.15) is 0 Å². The van der Waals surface area contributed by atoms with Gasteiger partial charge in [0.15, 0.2) is 5.76 Å². The van der Waals surface area contributed by atoms with Gasteiger partial charge in [-0.3, -0.25) is 0 Å². The van der Waals surface area contributed by atoms with Crippen molar-refractivity contribution >= 4 is 17.3 Å². The molecule has 1 aromatic carbocycles. The van der Waals surface area contributed by atoms with Crippen molar-refractivity contribution < 1.29 is 8.94 Å². The zero-order valence-corrected chi connectivity index (χ0v) is 9.89. The third-order valence-corrected chi connectivity index (χ3v) is 2.75. The lowest BCUT2D eigenvalue weighted by Crippen LogP contribution is -1.87. The molecule has 3 rings (SSSR count).